The molecule has 0 N–H and O–H groups in total. The van der Waals surface area contributed by atoms with E-state index in [4.69, 9.17) is 0 Å². The first-order valence-electron chi connectivity index (χ1n) is 7.54. The highest BCUT2D eigenvalue weighted by Gasteiger charge is 2.27. The Morgan fingerprint density at radius 2 is 2.14 bits per heavy atom. The van der Waals surface area contributed by atoms with E-state index in [1.54, 1.807) is 0 Å². The molecule has 1 fully saturated rings. The molecule has 3 aromatic heterocycles. The normalized spacial score (nSPS) is 18.5. The summed E-state index contributed by atoms with van der Waals surface area (Å²) in [6, 6.07) is 6.41. The van der Waals surface area contributed by atoms with Crippen molar-refractivity contribution in [2.75, 3.05) is 11.4 Å². The Morgan fingerprint density at radius 1 is 1.23 bits per heavy atom. The summed E-state index contributed by atoms with van der Waals surface area (Å²) in [7, 11) is 0. The van der Waals surface area contributed by atoms with Crippen LogP contribution in [0, 0.1) is 13.8 Å². The first-order valence-corrected chi connectivity index (χ1v) is 7.54. The fourth-order valence-corrected chi connectivity index (χ4v) is 3.18. The molecule has 8 nitrogen and oxygen atoms in total. The van der Waals surface area contributed by atoms with Gasteiger partial charge in [-0.05, 0) is 55.3 Å². The summed E-state index contributed by atoms with van der Waals surface area (Å²) in [4.78, 5) is 2.33. The minimum Gasteiger partial charge on any atom is -0.350 e. The number of hydrogen-bond donors (Lipinski definition) is 0. The number of aryl methyl sites for hydroxylation is 2. The molecule has 114 valence electrons. The molecule has 1 aliphatic heterocycles. The van der Waals surface area contributed by atoms with Crippen LogP contribution in [-0.4, -0.2) is 47.6 Å². The van der Waals surface area contributed by atoms with Gasteiger partial charge in [-0.15, -0.1) is 14.8 Å². The summed E-state index contributed by atoms with van der Waals surface area (Å²) >= 11 is 0. The number of anilines is 1. The standard InChI is InChI=1S/C14H18N8/c1-10-8-11(2)21(16-10)9-12-4-3-7-20(12)14-6-5-13-15-18-19-22(13)17-14/h5-6,8,12H,3-4,7,9H2,1-2H3. The molecule has 22 heavy (non-hydrogen) atoms. The van der Waals surface area contributed by atoms with Gasteiger partial charge in [0.05, 0.1) is 18.3 Å². The molecular formula is C14H18N8. The maximum Gasteiger partial charge on any atom is 0.200 e. The largest absolute Gasteiger partial charge is 0.350 e. The molecule has 4 rings (SSSR count). The molecule has 0 radical (unpaired) electrons. The molecule has 3 aromatic rings. The zero-order valence-electron chi connectivity index (χ0n) is 12.7. The monoisotopic (exact) mass is 298 g/mol. The van der Waals surface area contributed by atoms with Gasteiger partial charge in [0, 0.05) is 12.2 Å². The Balaban J connectivity index is 1.61. The van der Waals surface area contributed by atoms with Crippen molar-refractivity contribution < 1.29 is 0 Å². The SMILES string of the molecule is Cc1cc(C)n(CC2CCCN2c2ccc3nnnn3n2)n1. The van der Waals surface area contributed by atoms with Crippen LogP contribution >= 0.6 is 0 Å². The number of tetrazole rings is 1. The fraction of sp³-hybridized carbons (Fsp3) is 0.500. The Kier molecular flexibility index (Phi) is 3.02. The molecule has 0 bridgehead atoms. The lowest BCUT2D eigenvalue weighted by Crippen LogP contribution is -2.34. The van der Waals surface area contributed by atoms with Gasteiger partial charge < -0.3 is 4.90 Å². The van der Waals surface area contributed by atoms with Gasteiger partial charge in [0.15, 0.2) is 11.5 Å². The molecule has 0 saturated carbocycles. The molecule has 1 atom stereocenters. The highest BCUT2D eigenvalue weighted by atomic mass is 15.6. The van der Waals surface area contributed by atoms with Crippen LogP contribution in [0.15, 0.2) is 18.2 Å². The minimum absolute atomic E-state index is 0.402. The summed E-state index contributed by atoms with van der Waals surface area (Å²) in [5.74, 6) is 0.920. The predicted molar refractivity (Wildman–Crippen MR) is 80.6 cm³/mol. The Hall–Kier alpha value is -2.51. The maximum atomic E-state index is 4.58. The number of fused-ring (bicyclic) bond motifs is 1. The molecule has 1 unspecified atom stereocenters. The van der Waals surface area contributed by atoms with Crippen LogP contribution in [0.4, 0.5) is 5.82 Å². The van der Waals surface area contributed by atoms with Crippen molar-refractivity contribution in [1.82, 2.24) is 35.0 Å². The quantitative estimate of drug-likeness (QED) is 0.718. The fourth-order valence-electron chi connectivity index (χ4n) is 3.18. The highest BCUT2D eigenvalue weighted by molar-refractivity contribution is 5.45. The van der Waals surface area contributed by atoms with E-state index in [9.17, 15) is 0 Å². The summed E-state index contributed by atoms with van der Waals surface area (Å²) in [5, 5.41) is 20.5. The van der Waals surface area contributed by atoms with Crippen LogP contribution in [0.25, 0.3) is 5.65 Å². The molecule has 0 aliphatic carbocycles. The van der Waals surface area contributed by atoms with E-state index in [0.29, 0.717) is 11.7 Å². The van der Waals surface area contributed by atoms with Crippen LogP contribution in [-0.2, 0) is 6.54 Å². The van der Waals surface area contributed by atoms with Gasteiger partial charge in [0.25, 0.3) is 0 Å². The van der Waals surface area contributed by atoms with Gasteiger partial charge in [-0.2, -0.15) is 5.10 Å². The van der Waals surface area contributed by atoms with Crippen molar-refractivity contribution in [3.63, 3.8) is 0 Å². The van der Waals surface area contributed by atoms with Crippen molar-refractivity contribution in [3.05, 3.63) is 29.6 Å². The maximum absolute atomic E-state index is 4.58. The van der Waals surface area contributed by atoms with Crippen molar-refractivity contribution in [1.29, 1.82) is 0 Å². The Labute approximate surface area is 127 Å². The average Bonchev–Trinajstić information content (AvgIpc) is 3.19. The van der Waals surface area contributed by atoms with Crippen LogP contribution in [0.1, 0.15) is 24.2 Å². The van der Waals surface area contributed by atoms with Crippen LogP contribution in [0.2, 0.25) is 0 Å². The second kappa shape index (κ2) is 5.04. The average molecular weight is 298 g/mol. The van der Waals surface area contributed by atoms with E-state index >= 15 is 0 Å². The lowest BCUT2D eigenvalue weighted by molar-refractivity contribution is 0.495. The third-order valence-electron chi connectivity index (χ3n) is 4.21. The Bertz CT molecular complexity index is 804. The summed E-state index contributed by atoms with van der Waals surface area (Å²) in [5.41, 5.74) is 2.93. The molecule has 0 aromatic carbocycles. The van der Waals surface area contributed by atoms with E-state index in [0.717, 1.165) is 31.0 Å². The second-order valence-electron chi connectivity index (χ2n) is 5.82. The molecule has 0 spiro atoms. The van der Waals surface area contributed by atoms with E-state index in [-0.39, 0.29) is 0 Å². The van der Waals surface area contributed by atoms with E-state index in [1.807, 2.05) is 19.1 Å². The number of aromatic nitrogens is 7. The zero-order chi connectivity index (χ0) is 15.1. The van der Waals surface area contributed by atoms with Gasteiger partial charge in [-0.1, -0.05) is 0 Å². The van der Waals surface area contributed by atoms with Crippen LogP contribution < -0.4 is 4.90 Å². The van der Waals surface area contributed by atoms with Crippen molar-refractivity contribution >= 4 is 11.5 Å². The van der Waals surface area contributed by atoms with E-state index in [1.165, 1.54) is 16.7 Å². The van der Waals surface area contributed by atoms with Gasteiger partial charge in [-0.3, -0.25) is 4.68 Å². The molecule has 0 amide bonds. The molecular weight excluding hydrogens is 280 g/mol. The van der Waals surface area contributed by atoms with Crippen LogP contribution in [0.3, 0.4) is 0 Å². The number of rotatable bonds is 3. The zero-order valence-corrected chi connectivity index (χ0v) is 12.7. The highest BCUT2D eigenvalue weighted by Crippen LogP contribution is 2.25. The first-order chi connectivity index (χ1) is 10.7. The van der Waals surface area contributed by atoms with E-state index < -0.39 is 0 Å². The van der Waals surface area contributed by atoms with Crippen molar-refractivity contribution in [3.8, 4) is 0 Å². The van der Waals surface area contributed by atoms with Crippen molar-refractivity contribution in [2.24, 2.45) is 0 Å². The summed E-state index contributed by atoms with van der Waals surface area (Å²) < 4.78 is 3.57. The van der Waals surface area contributed by atoms with Gasteiger partial charge in [0.2, 0.25) is 0 Å². The number of nitrogens with zero attached hydrogens (tertiary/aromatic N) is 8. The molecule has 8 heteroatoms. The molecule has 1 saturated heterocycles. The van der Waals surface area contributed by atoms with Gasteiger partial charge in [0.1, 0.15) is 0 Å². The summed E-state index contributed by atoms with van der Waals surface area (Å²) in [6.45, 7) is 6.02. The minimum atomic E-state index is 0.402. The van der Waals surface area contributed by atoms with E-state index in [2.05, 4.69) is 48.3 Å². The number of hydrogen-bond acceptors (Lipinski definition) is 6. The molecule has 4 heterocycles. The lowest BCUT2D eigenvalue weighted by atomic mass is 10.2. The molecule has 1 aliphatic rings. The van der Waals surface area contributed by atoms with Gasteiger partial charge in [-0.25, -0.2) is 0 Å². The van der Waals surface area contributed by atoms with Crippen LogP contribution in [0.5, 0.6) is 0 Å². The topological polar surface area (TPSA) is 77.0 Å². The predicted octanol–water partition coefficient (Wildman–Crippen LogP) is 1.00. The Morgan fingerprint density at radius 3 is 2.95 bits per heavy atom. The van der Waals surface area contributed by atoms with Gasteiger partial charge >= 0.3 is 0 Å². The first kappa shape index (κ1) is 13.2. The van der Waals surface area contributed by atoms with Crippen molar-refractivity contribution in [2.45, 2.75) is 39.3 Å². The third kappa shape index (κ3) is 2.20. The smallest absolute Gasteiger partial charge is 0.200 e. The summed E-state index contributed by atoms with van der Waals surface area (Å²) in [6.07, 6.45) is 2.31. The third-order valence-corrected chi connectivity index (χ3v) is 4.21. The lowest BCUT2D eigenvalue weighted by Gasteiger charge is -2.25. The second-order valence-corrected chi connectivity index (χ2v) is 5.82.